The lowest BCUT2D eigenvalue weighted by Gasteiger charge is -2.21. The zero-order valence-electron chi connectivity index (χ0n) is 11.3. The first-order chi connectivity index (χ1) is 8.38. The van der Waals surface area contributed by atoms with Gasteiger partial charge in [-0.25, -0.2) is 8.51 Å². The Labute approximate surface area is 109 Å². The third-order valence-electron chi connectivity index (χ3n) is 3.18. The minimum absolute atomic E-state index is 0.656. The van der Waals surface area contributed by atoms with Gasteiger partial charge < -0.3 is 4.74 Å². The van der Waals surface area contributed by atoms with Crippen LogP contribution in [0.3, 0.4) is 0 Å². The van der Waals surface area contributed by atoms with Crippen molar-refractivity contribution in [2.45, 2.75) is 18.7 Å². The Morgan fingerprint density at radius 1 is 1.33 bits per heavy atom. The van der Waals surface area contributed by atoms with Crippen LogP contribution in [-0.4, -0.2) is 34.6 Å². The molecule has 1 aliphatic rings. The molecular formula is C14H19NO2S. The minimum atomic E-state index is -2.29. The normalized spacial score (nSPS) is 24.1. The van der Waals surface area contributed by atoms with Gasteiger partial charge in [0.05, 0.1) is 21.7 Å². The fourth-order valence-corrected chi connectivity index (χ4v) is 4.97. The summed E-state index contributed by atoms with van der Waals surface area (Å²) in [5, 5.41) is 1.80. The van der Waals surface area contributed by atoms with Crippen molar-refractivity contribution < 1.29 is 8.95 Å². The molecule has 0 saturated carbocycles. The van der Waals surface area contributed by atoms with Crippen LogP contribution in [-0.2, 0) is 9.71 Å². The first kappa shape index (κ1) is 13.2. The van der Waals surface area contributed by atoms with Crippen molar-refractivity contribution in [3.05, 3.63) is 35.4 Å². The van der Waals surface area contributed by atoms with E-state index >= 15 is 0 Å². The lowest BCUT2D eigenvalue weighted by Crippen LogP contribution is -2.24. The lowest BCUT2D eigenvalue weighted by atomic mass is 10.1. The van der Waals surface area contributed by atoms with Crippen LogP contribution >= 0.6 is 0 Å². The van der Waals surface area contributed by atoms with E-state index < -0.39 is 9.71 Å². The number of ether oxygens (including phenoxy) is 1. The fraction of sp³-hybridized carbons (Fsp3) is 0.357. The third-order valence-corrected chi connectivity index (χ3v) is 6.11. The second-order valence-corrected chi connectivity index (χ2v) is 7.13. The highest BCUT2D eigenvalue weighted by molar-refractivity contribution is 8.00. The molecule has 0 aromatic heterocycles. The molecule has 3 nitrogen and oxygen atoms in total. The Hall–Kier alpha value is -1.26. The van der Waals surface area contributed by atoms with E-state index in [2.05, 4.69) is 6.58 Å². The molecule has 1 aromatic carbocycles. The van der Waals surface area contributed by atoms with E-state index in [0.29, 0.717) is 6.54 Å². The molecule has 1 heterocycles. The average molecular weight is 265 g/mol. The molecule has 4 heteroatoms. The largest absolute Gasteiger partial charge is 0.497 e. The van der Waals surface area contributed by atoms with Crippen LogP contribution in [0.2, 0.25) is 0 Å². The molecule has 1 unspecified atom stereocenters. The van der Waals surface area contributed by atoms with Crippen LogP contribution in [0.15, 0.2) is 29.2 Å². The summed E-state index contributed by atoms with van der Waals surface area (Å²) in [6.07, 6.45) is 0. The summed E-state index contributed by atoms with van der Waals surface area (Å²) in [5.41, 5.74) is 2.90. The van der Waals surface area contributed by atoms with Gasteiger partial charge in [0.15, 0.2) is 0 Å². The summed E-state index contributed by atoms with van der Waals surface area (Å²) in [5.74, 6) is 0.802. The fourth-order valence-electron chi connectivity index (χ4n) is 2.44. The van der Waals surface area contributed by atoms with Crippen LogP contribution in [0.1, 0.15) is 11.1 Å². The third kappa shape index (κ3) is 1.95. The second-order valence-electron chi connectivity index (χ2n) is 4.72. The van der Waals surface area contributed by atoms with Crippen LogP contribution in [0.5, 0.6) is 5.75 Å². The van der Waals surface area contributed by atoms with Gasteiger partial charge in [0.2, 0.25) is 0 Å². The molecule has 2 rings (SSSR count). The molecule has 0 N–H and O–H groups in total. The number of nitrogens with zero attached hydrogens (tertiary/aromatic N) is 1. The number of rotatable bonds is 2. The smallest absolute Gasteiger partial charge is 0.119 e. The number of benzene rings is 1. The van der Waals surface area contributed by atoms with E-state index in [4.69, 9.17) is 4.74 Å². The maximum absolute atomic E-state index is 13.1. The average Bonchev–Trinajstić information content (AvgIpc) is 2.51. The van der Waals surface area contributed by atoms with Crippen LogP contribution in [0.25, 0.3) is 0 Å². The van der Waals surface area contributed by atoms with Gasteiger partial charge in [0.1, 0.15) is 5.75 Å². The van der Waals surface area contributed by atoms with E-state index in [9.17, 15) is 4.21 Å². The maximum atomic E-state index is 13.1. The Balaban J connectivity index is 2.70. The monoisotopic (exact) mass is 265 g/mol. The molecule has 0 aliphatic carbocycles. The minimum Gasteiger partial charge on any atom is -0.497 e. The Bertz CT molecular complexity index is 602. The molecule has 0 fully saturated rings. The molecule has 0 radical (unpaired) electrons. The molecular weight excluding hydrogens is 246 g/mol. The first-order valence-corrected chi connectivity index (χ1v) is 7.39. The van der Waals surface area contributed by atoms with Crippen LogP contribution < -0.4 is 4.74 Å². The summed E-state index contributed by atoms with van der Waals surface area (Å²) in [6, 6.07) is 3.86. The van der Waals surface area contributed by atoms with Gasteiger partial charge in [0.25, 0.3) is 0 Å². The summed E-state index contributed by atoms with van der Waals surface area (Å²) < 4.78 is 20.3. The SMILES string of the molecule is C=C1C=S(=O)(c2c(C)cc(OC)cc2C)N(C)C1. The molecule has 1 atom stereocenters. The van der Waals surface area contributed by atoms with Crippen LogP contribution in [0.4, 0.5) is 0 Å². The number of hydrogen-bond acceptors (Lipinski definition) is 2. The van der Waals surface area contributed by atoms with Crippen molar-refractivity contribution in [3.63, 3.8) is 0 Å². The van der Waals surface area contributed by atoms with Crippen LogP contribution in [0, 0.1) is 13.8 Å². The van der Waals surface area contributed by atoms with Crippen molar-refractivity contribution in [1.82, 2.24) is 4.31 Å². The van der Waals surface area contributed by atoms with Crippen molar-refractivity contribution in [2.24, 2.45) is 0 Å². The van der Waals surface area contributed by atoms with E-state index in [1.54, 1.807) is 12.5 Å². The lowest BCUT2D eigenvalue weighted by molar-refractivity contribution is 0.413. The Morgan fingerprint density at radius 2 is 1.89 bits per heavy atom. The van der Waals surface area contributed by atoms with Gasteiger partial charge in [-0.3, -0.25) is 0 Å². The quantitative estimate of drug-likeness (QED) is 0.606. The van der Waals surface area contributed by atoms with E-state index in [1.807, 2.05) is 37.3 Å². The highest BCUT2D eigenvalue weighted by Gasteiger charge is 2.27. The summed E-state index contributed by atoms with van der Waals surface area (Å²) in [7, 11) is 1.22. The van der Waals surface area contributed by atoms with Crippen molar-refractivity contribution in [1.29, 1.82) is 0 Å². The molecule has 0 amide bonds. The van der Waals surface area contributed by atoms with Crippen molar-refractivity contribution in [2.75, 3.05) is 20.7 Å². The number of methoxy groups -OCH3 is 1. The maximum Gasteiger partial charge on any atom is 0.119 e. The molecule has 0 saturated heterocycles. The molecule has 1 aliphatic heterocycles. The van der Waals surface area contributed by atoms with E-state index in [1.165, 1.54) is 0 Å². The summed E-state index contributed by atoms with van der Waals surface area (Å²) in [6.45, 7) is 8.52. The van der Waals surface area contributed by atoms with Gasteiger partial charge in [-0.05, 0) is 49.7 Å². The predicted molar refractivity (Wildman–Crippen MR) is 76.7 cm³/mol. The van der Waals surface area contributed by atoms with Gasteiger partial charge >= 0.3 is 0 Å². The molecule has 98 valence electrons. The Kier molecular flexibility index (Phi) is 3.25. The predicted octanol–water partition coefficient (Wildman–Crippen LogP) is 2.17. The standard InChI is InChI=1S/C14H19NO2S/c1-10-8-15(4)18(16,9-10)14-11(2)6-13(17-5)7-12(14)3/h6-7,9H,1,8H2,2-5H3. The van der Waals surface area contributed by atoms with Crippen molar-refractivity contribution in [3.8, 4) is 5.75 Å². The highest BCUT2D eigenvalue weighted by atomic mass is 32.2. The number of likely N-dealkylation sites (N-methyl/N-ethyl adjacent to an activating group) is 1. The van der Waals surface area contributed by atoms with Crippen molar-refractivity contribution >= 4 is 15.1 Å². The molecule has 1 aromatic rings. The zero-order valence-corrected chi connectivity index (χ0v) is 12.1. The summed E-state index contributed by atoms with van der Waals surface area (Å²) >= 11 is 0. The summed E-state index contributed by atoms with van der Waals surface area (Å²) in [4.78, 5) is 0.893. The number of hydrogen-bond donors (Lipinski definition) is 0. The first-order valence-electron chi connectivity index (χ1n) is 5.82. The van der Waals surface area contributed by atoms with E-state index in [-0.39, 0.29) is 0 Å². The highest BCUT2D eigenvalue weighted by Crippen LogP contribution is 2.30. The molecule has 18 heavy (non-hydrogen) atoms. The number of aryl methyl sites for hydroxylation is 2. The van der Waals surface area contributed by atoms with Gasteiger partial charge in [-0.15, -0.1) is 0 Å². The topological polar surface area (TPSA) is 29.5 Å². The zero-order chi connectivity index (χ0) is 13.5. The van der Waals surface area contributed by atoms with E-state index in [0.717, 1.165) is 27.3 Å². The Morgan fingerprint density at radius 3 is 2.28 bits per heavy atom. The van der Waals surface area contributed by atoms with Gasteiger partial charge in [0, 0.05) is 11.9 Å². The van der Waals surface area contributed by atoms with Gasteiger partial charge in [-0.2, -0.15) is 0 Å². The molecule has 0 bridgehead atoms. The van der Waals surface area contributed by atoms with Gasteiger partial charge in [-0.1, -0.05) is 6.58 Å². The second kappa shape index (κ2) is 4.44. The molecule has 0 spiro atoms.